The smallest absolute Gasteiger partial charge is 0.247 e. The van der Waals surface area contributed by atoms with Crippen molar-refractivity contribution in [2.75, 3.05) is 17.6 Å². The second-order valence-corrected chi connectivity index (χ2v) is 8.97. The zero-order valence-electron chi connectivity index (χ0n) is 18.1. The van der Waals surface area contributed by atoms with Gasteiger partial charge in [0.2, 0.25) is 11.8 Å². The van der Waals surface area contributed by atoms with Crippen molar-refractivity contribution in [2.45, 2.75) is 23.9 Å². The predicted octanol–water partition coefficient (Wildman–Crippen LogP) is 4.75. The van der Waals surface area contributed by atoms with E-state index in [0.717, 1.165) is 33.7 Å². The van der Waals surface area contributed by atoms with E-state index in [-0.39, 0.29) is 17.6 Å². The summed E-state index contributed by atoms with van der Waals surface area (Å²) >= 11 is 1.41. The molecule has 3 heterocycles. The molecular formula is C26H24N4O2S. The molecule has 0 aliphatic carbocycles. The van der Waals surface area contributed by atoms with Crippen LogP contribution in [0.25, 0.3) is 16.6 Å². The number of rotatable bonds is 6. The second kappa shape index (κ2) is 9.50. The van der Waals surface area contributed by atoms with Crippen LogP contribution in [0, 0.1) is 0 Å². The Labute approximate surface area is 196 Å². The molecule has 5 rings (SSSR count). The number of thioether (sulfide) groups is 1. The average molecular weight is 457 g/mol. The van der Waals surface area contributed by atoms with E-state index in [1.54, 1.807) is 4.90 Å². The molecule has 0 spiro atoms. The Hall–Kier alpha value is -3.58. The molecule has 0 radical (unpaired) electrons. The number of likely N-dealkylation sites (tertiary alicyclic amines) is 1. The molecule has 1 N–H and O–H groups in total. The lowest BCUT2D eigenvalue weighted by atomic mass is 10.2. The summed E-state index contributed by atoms with van der Waals surface area (Å²) in [4.78, 5) is 32.5. The van der Waals surface area contributed by atoms with E-state index in [4.69, 9.17) is 0 Å². The normalized spacial score (nSPS) is 15.6. The molecule has 2 amide bonds. The zero-order chi connectivity index (χ0) is 22.6. The van der Waals surface area contributed by atoms with Crippen LogP contribution in [0.5, 0.6) is 0 Å². The highest BCUT2D eigenvalue weighted by Crippen LogP contribution is 2.25. The van der Waals surface area contributed by atoms with Crippen LogP contribution in [-0.2, 0) is 9.59 Å². The molecule has 0 saturated carbocycles. The van der Waals surface area contributed by atoms with Gasteiger partial charge in [-0.1, -0.05) is 48.2 Å². The first kappa shape index (κ1) is 21.3. The summed E-state index contributed by atoms with van der Waals surface area (Å²) in [5, 5.41) is 4.93. The minimum absolute atomic E-state index is 0.0358. The molecule has 2 aromatic carbocycles. The van der Waals surface area contributed by atoms with Crippen molar-refractivity contribution < 1.29 is 9.59 Å². The molecule has 2 aromatic heterocycles. The van der Waals surface area contributed by atoms with Crippen molar-refractivity contribution in [3.63, 3.8) is 0 Å². The van der Waals surface area contributed by atoms with E-state index in [2.05, 4.69) is 10.3 Å². The van der Waals surface area contributed by atoms with Gasteiger partial charge in [0.25, 0.3) is 0 Å². The number of hydrogen-bond acceptors (Lipinski definition) is 4. The Morgan fingerprint density at radius 1 is 0.970 bits per heavy atom. The average Bonchev–Trinajstić information content (AvgIpc) is 3.55. The maximum atomic E-state index is 13.1. The number of carbonyl (C=O) groups excluding carboxylic acids is 2. The maximum absolute atomic E-state index is 13.1. The molecule has 6 nitrogen and oxygen atoms in total. The van der Waals surface area contributed by atoms with E-state index >= 15 is 0 Å². The van der Waals surface area contributed by atoms with Crippen LogP contribution >= 0.6 is 11.8 Å². The van der Waals surface area contributed by atoms with Gasteiger partial charge in [-0.2, -0.15) is 0 Å². The minimum Gasteiger partial charge on any atom is -0.330 e. The van der Waals surface area contributed by atoms with Crippen LogP contribution in [0.3, 0.4) is 0 Å². The van der Waals surface area contributed by atoms with Crippen molar-refractivity contribution in [1.82, 2.24) is 14.5 Å². The Morgan fingerprint density at radius 3 is 2.64 bits per heavy atom. The van der Waals surface area contributed by atoms with Crippen LogP contribution in [0.4, 0.5) is 5.69 Å². The van der Waals surface area contributed by atoms with Gasteiger partial charge in [-0.15, -0.1) is 0 Å². The number of aromatic nitrogens is 2. The van der Waals surface area contributed by atoms with Gasteiger partial charge in [0, 0.05) is 24.3 Å². The standard InChI is InChI=1S/C26H24N4O2S/c31-25(18-33-24-14-13-19-8-1-2-9-20(19)27-24)30-17-7-12-23(30)26(32)28-21-10-3-4-11-22(21)29-15-5-6-16-29/h1-6,8-11,13-16,23H,7,12,17-18H2,(H,28,32). The third kappa shape index (κ3) is 4.64. The molecule has 33 heavy (non-hydrogen) atoms. The fourth-order valence-electron chi connectivity index (χ4n) is 4.20. The first-order valence-electron chi connectivity index (χ1n) is 11.0. The van der Waals surface area contributed by atoms with Gasteiger partial charge in [0.05, 0.1) is 27.7 Å². The quantitative estimate of drug-likeness (QED) is 0.425. The summed E-state index contributed by atoms with van der Waals surface area (Å²) in [5.41, 5.74) is 2.53. The van der Waals surface area contributed by atoms with Crippen LogP contribution in [0.15, 0.2) is 90.2 Å². The predicted molar refractivity (Wildman–Crippen MR) is 132 cm³/mol. The topological polar surface area (TPSA) is 67.2 Å². The summed E-state index contributed by atoms with van der Waals surface area (Å²) in [7, 11) is 0. The number of para-hydroxylation sites is 3. The Balaban J connectivity index is 1.25. The number of carbonyl (C=O) groups is 2. The van der Waals surface area contributed by atoms with E-state index in [9.17, 15) is 9.59 Å². The van der Waals surface area contributed by atoms with Crippen molar-refractivity contribution in [3.05, 3.63) is 85.2 Å². The molecule has 4 aromatic rings. The van der Waals surface area contributed by atoms with Gasteiger partial charge in [-0.3, -0.25) is 9.59 Å². The van der Waals surface area contributed by atoms with Crippen molar-refractivity contribution in [3.8, 4) is 5.69 Å². The molecular weight excluding hydrogens is 432 g/mol. The third-order valence-electron chi connectivity index (χ3n) is 5.84. The molecule has 166 valence electrons. The largest absolute Gasteiger partial charge is 0.330 e. The lowest BCUT2D eigenvalue weighted by Gasteiger charge is -2.24. The van der Waals surface area contributed by atoms with E-state index in [0.29, 0.717) is 13.0 Å². The number of amides is 2. The monoisotopic (exact) mass is 456 g/mol. The highest BCUT2D eigenvalue weighted by molar-refractivity contribution is 7.99. The Bertz CT molecular complexity index is 1290. The van der Waals surface area contributed by atoms with Crippen molar-refractivity contribution in [2.24, 2.45) is 0 Å². The van der Waals surface area contributed by atoms with Crippen molar-refractivity contribution in [1.29, 1.82) is 0 Å². The van der Waals surface area contributed by atoms with Gasteiger partial charge in [-0.25, -0.2) is 4.98 Å². The summed E-state index contributed by atoms with van der Waals surface area (Å²) in [6.45, 7) is 0.599. The molecule has 1 aliphatic rings. The summed E-state index contributed by atoms with van der Waals surface area (Å²) in [5.74, 6) is 0.0790. The number of benzene rings is 2. The van der Waals surface area contributed by atoms with Gasteiger partial charge in [0.1, 0.15) is 6.04 Å². The zero-order valence-corrected chi connectivity index (χ0v) is 18.9. The van der Waals surface area contributed by atoms with Crippen LogP contribution in [-0.4, -0.2) is 44.6 Å². The molecule has 7 heteroatoms. The fourth-order valence-corrected chi connectivity index (χ4v) is 4.96. The van der Waals surface area contributed by atoms with Crippen LogP contribution in [0.1, 0.15) is 12.8 Å². The van der Waals surface area contributed by atoms with E-state index in [1.807, 2.05) is 89.8 Å². The molecule has 1 unspecified atom stereocenters. The second-order valence-electron chi connectivity index (χ2n) is 7.97. The number of pyridine rings is 1. The third-order valence-corrected chi connectivity index (χ3v) is 6.75. The Kier molecular flexibility index (Phi) is 6.13. The number of fused-ring (bicyclic) bond motifs is 1. The molecule has 1 aliphatic heterocycles. The van der Waals surface area contributed by atoms with Gasteiger partial charge < -0.3 is 14.8 Å². The summed E-state index contributed by atoms with van der Waals surface area (Å²) in [6.07, 6.45) is 5.37. The molecule has 1 saturated heterocycles. The van der Waals surface area contributed by atoms with E-state index in [1.165, 1.54) is 11.8 Å². The number of nitrogens with one attached hydrogen (secondary N) is 1. The summed E-state index contributed by atoms with van der Waals surface area (Å²) < 4.78 is 1.96. The van der Waals surface area contributed by atoms with Crippen LogP contribution in [0.2, 0.25) is 0 Å². The van der Waals surface area contributed by atoms with Gasteiger partial charge >= 0.3 is 0 Å². The molecule has 0 bridgehead atoms. The van der Waals surface area contributed by atoms with Crippen LogP contribution < -0.4 is 5.32 Å². The lowest BCUT2D eigenvalue weighted by Crippen LogP contribution is -2.44. The SMILES string of the molecule is O=C(Nc1ccccc1-n1cccc1)C1CCCN1C(=O)CSc1ccc2ccccc2n1. The number of hydrogen-bond donors (Lipinski definition) is 1. The van der Waals surface area contributed by atoms with E-state index < -0.39 is 6.04 Å². The first-order chi connectivity index (χ1) is 16.2. The maximum Gasteiger partial charge on any atom is 0.247 e. The Morgan fingerprint density at radius 2 is 1.76 bits per heavy atom. The number of nitrogens with zero attached hydrogens (tertiary/aromatic N) is 3. The van der Waals surface area contributed by atoms with Crippen molar-refractivity contribution >= 4 is 40.2 Å². The summed E-state index contributed by atoms with van der Waals surface area (Å²) in [6, 6.07) is 23.0. The molecule has 1 fully saturated rings. The molecule has 1 atom stereocenters. The number of anilines is 1. The lowest BCUT2D eigenvalue weighted by molar-refractivity contribution is -0.134. The highest BCUT2D eigenvalue weighted by Gasteiger charge is 2.34. The fraction of sp³-hybridized carbons (Fsp3) is 0.192. The van der Waals surface area contributed by atoms with Gasteiger partial charge in [0.15, 0.2) is 0 Å². The minimum atomic E-state index is -0.458. The highest BCUT2D eigenvalue weighted by atomic mass is 32.2. The first-order valence-corrected chi connectivity index (χ1v) is 12.0. The van der Waals surface area contributed by atoms with Gasteiger partial charge in [-0.05, 0) is 49.2 Å².